The highest BCUT2D eigenvalue weighted by molar-refractivity contribution is 5.80. The first-order valence-corrected chi connectivity index (χ1v) is 6.05. The van der Waals surface area contributed by atoms with Crippen molar-refractivity contribution in [3.8, 4) is 0 Å². The Morgan fingerprint density at radius 1 is 1.41 bits per heavy atom. The number of aromatic nitrogens is 2. The lowest BCUT2D eigenvalue weighted by Gasteiger charge is -2.32. The van der Waals surface area contributed by atoms with E-state index in [9.17, 15) is 4.79 Å². The van der Waals surface area contributed by atoms with Crippen LogP contribution in [0.1, 0.15) is 25.7 Å². The van der Waals surface area contributed by atoms with Crippen LogP contribution in [-0.4, -0.2) is 40.6 Å². The maximum absolute atomic E-state index is 11.9. The van der Waals surface area contributed by atoms with E-state index >= 15 is 0 Å². The Hall–Kier alpha value is -1.59. The normalized spacial score (nSPS) is 21.5. The van der Waals surface area contributed by atoms with E-state index in [1.165, 1.54) is 32.1 Å². The quantitative estimate of drug-likeness (QED) is 0.843. The number of carbonyl (C=O) groups is 1. The molecule has 17 heavy (non-hydrogen) atoms. The van der Waals surface area contributed by atoms with Crippen LogP contribution in [0.2, 0.25) is 0 Å². The number of amides is 1. The smallest absolute Gasteiger partial charge is 0.315 e. The van der Waals surface area contributed by atoms with E-state index in [2.05, 4.69) is 15.5 Å². The average molecular weight is 236 g/mol. The van der Waals surface area contributed by atoms with Gasteiger partial charge in [-0.15, -0.1) is 5.10 Å². The minimum atomic E-state index is 0.110. The van der Waals surface area contributed by atoms with Crippen LogP contribution >= 0.6 is 0 Å². The number of nitrogens with one attached hydrogen (secondary N) is 1. The van der Waals surface area contributed by atoms with Gasteiger partial charge in [-0.25, -0.2) is 0 Å². The van der Waals surface area contributed by atoms with E-state index in [-0.39, 0.29) is 12.5 Å². The topological polar surface area (TPSA) is 71.3 Å². The van der Waals surface area contributed by atoms with Crippen LogP contribution in [0.25, 0.3) is 0 Å². The van der Waals surface area contributed by atoms with Crippen LogP contribution in [0.3, 0.4) is 0 Å². The van der Waals surface area contributed by atoms with Gasteiger partial charge in [-0.05, 0) is 31.1 Å². The predicted molar refractivity (Wildman–Crippen MR) is 60.3 cm³/mol. The number of rotatable bonds is 3. The fraction of sp³-hybridized carbons (Fsp3) is 0.727. The average Bonchev–Trinajstić information content (AvgIpc) is 2.92. The summed E-state index contributed by atoms with van der Waals surface area (Å²) in [7, 11) is 0. The lowest BCUT2D eigenvalue weighted by Crippen LogP contribution is -2.41. The number of hydrogen-bond donors (Lipinski definition) is 1. The standard InChI is InChI=1S/C11H16N4O2/c16-9(7-12-10-14-13-8-17-10)15-5-3-11(1-2-11)4-6-15/h8H,1-7H2,(H,12,14). The Kier molecular flexibility index (Phi) is 2.49. The van der Waals surface area contributed by atoms with Crippen LogP contribution < -0.4 is 5.32 Å². The van der Waals surface area contributed by atoms with E-state index in [1.54, 1.807) is 0 Å². The number of carbonyl (C=O) groups excluding carboxylic acids is 1. The van der Waals surface area contributed by atoms with Gasteiger partial charge in [-0.2, -0.15) is 0 Å². The van der Waals surface area contributed by atoms with Crippen molar-refractivity contribution in [2.24, 2.45) is 5.41 Å². The lowest BCUT2D eigenvalue weighted by atomic mass is 9.94. The van der Waals surface area contributed by atoms with Crippen molar-refractivity contribution in [1.82, 2.24) is 15.1 Å². The molecule has 1 amide bonds. The van der Waals surface area contributed by atoms with Crippen LogP contribution in [0.15, 0.2) is 10.8 Å². The molecule has 6 nitrogen and oxygen atoms in total. The third-order valence-corrected chi connectivity index (χ3v) is 3.88. The molecule has 1 spiro atoms. The Bertz CT molecular complexity index is 390. The van der Waals surface area contributed by atoms with Crippen molar-refractivity contribution in [2.75, 3.05) is 25.0 Å². The fourth-order valence-corrected chi connectivity index (χ4v) is 2.42. The van der Waals surface area contributed by atoms with Crippen molar-refractivity contribution in [1.29, 1.82) is 0 Å². The largest absolute Gasteiger partial charge is 0.411 e. The summed E-state index contributed by atoms with van der Waals surface area (Å²) in [5.41, 5.74) is 0.608. The van der Waals surface area contributed by atoms with Crippen molar-refractivity contribution in [3.05, 3.63) is 6.39 Å². The molecule has 6 heteroatoms. The molecule has 1 aliphatic heterocycles. The van der Waals surface area contributed by atoms with Crippen molar-refractivity contribution in [2.45, 2.75) is 25.7 Å². The molecule has 0 atom stereocenters. The number of likely N-dealkylation sites (tertiary alicyclic amines) is 1. The van der Waals surface area contributed by atoms with Gasteiger partial charge in [0, 0.05) is 13.1 Å². The van der Waals surface area contributed by atoms with E-state index in [4.69, 9.17) is 4.42 Å². The highest BCUT2D eigenvalue weighted by atomic mass is 16.4. The number of hydrogen-bond acceptors (Lipinski definition) is 5. The molecular weight excluding hydrogens is 220 g/mol. The highest BCUT2D eigenvalue weighted by Gasteiger charge is 2.44. The lowest BCUT2D eigenvalue weighted by molar-refractivity contribution is -0.130. The molecule has 1 saturated carbocycles. The van der Waals surface area contributed by atoms with Gasteiger partial charge in [0.2, 0.25) is 12.3 Å². The first kappa shape index (κ1) is 10.6. The molecule has 0 radical (unpaired) electrons. The summed E-state index contributed by atoms with van der Waals surface area (Å²) in [5.74, 6) is 0.110. The van der Waals surface area contributed by atoms with Gasteiger partial charge in [0.15, 0.2) is 0 Å². The summed E-state index contributed by atoms with van der Waals surface area (Å²) in [4.78, 5) is 13.8. The zero-order valence-electron chi connectivity index (χ0n) is 9.69. The molecule has 0 unspecified atom stereocenters. The second-order valence-electron chi connectivity index (χ2n) is 4.98. The molecule has 92 valence electrons. The van der Waals surface area contributed by atoms with Crippen LogP contribution in [0, 0.1) is 5.41 Å². The molecular formula is C11H16N4O2. The first-order valence-electron chi connectivity index (χ1n) is 6.05. The molecule has 1 saturated heterocycles. The molecule has 0 aromatic carbocycles. The molecule has 3 rings (SSSR count). The second-order valence-corrected chi connectivity index (χ2v) is 4.98. The Morgan fingerprint density at radius 2 is 2.18 bits per heavy atom. The minimum absolute atomic E-state index is 0.110. The Balaban J connectivity index is 1.46. The maximum Gasteiger partial charge on any atom is 0.315 e. The first-order chi connectivity index (χ1) is 8.27. The predicted octanol–water partition coefficient (Wildman–Crippen LogP) is 0.884. The highest BCUT2D eigenvalue weighted by Crippen LogP contribution is 2.53. The van der Waals surface area contributed by atoms with E-state index in [0.29, 0.717) is 11.4 Å². The molecule has 0 bridgehead atoms. The van der Waals surface area contributed by atoms with Gasteiger partial charge in [-0.3, -0.25) is 4.79 Å². The van der Waals surface area contributed by atoms with Crippen molar-refractivity contribution < 1.29 is 9.21 Å². The van der Waals surface area contributed by atoms with E-state index in [1.807, 2.05) is 4.90 Å². The molecule has 2 aliphatic rings. The van der Waals surface area contributed by atoms with Crippen LogP contribution in [-0.2, 0) is 4.79 Å². The molecule has 2 fully saturated rings. The maximum atomic E-state index is 11.9. The number of piperidine rings is 1. The summed E-state index contributed by atoms with van der Waals surface area (Å²) in [6, 6.07) is 0.300. The van der Waals surface area contributed by atoms with Gasteiger partial charge in [-0.1, -0.05) is 5.10 Å². The minimum Gasteiger partial charge on any atom is -0.411 e. The third kappa shape index (κ3) is 2.25. The zero-order valence-corrected chi connectivity index (χ0v) is 9.69. The Morgan fingerprint density at radius 3 is 2.76 bits per heavy atom. The third-order valence-electron chi connectivity index (χ3n) is 3.88. The summed E-state index contributed by atoms with van der Waals surface area (Å²) < 4.78 is 4.91. The second kappa shape index (κ2) is 4.01. The fourth-order valence-electron chi connectivity index (χ4n) is 2.42. The summed E-state index contributed by atoms with van der Waals surface area (Å²) in [6.07, 6.45) is 6.29. The van der Waals surface area contributed by atoms with Crippen molar-refractivity contribution in [3.63, 3.8) is 0 Å². The molecule has 1 N–H and O–H groups in total. The summed E-state index contributed by atoms with van der Waals surface area (Å²) in [6.45, 7) is 2.02. The molecule has 1 aliphatic carbocycles. The van der Waals surface area contributed by atoms with Gasteiger partial charge < -0.3 is 14.6 Å². The van der Waals surface area contributed by atoms with Crippen molar-refractivity contribution >= 4 is 11.9 Å². The molecule has 1 aromatic rings. The molecule has 1 aromatic heterocycles. The van der Waals surface area contributed by atoms with E-state index in [0.717, 1.165) is 13.1 Å². The van der Waals surface area contributed by atoms with Crippen LogP contribution in [0.4, 0.5) is 6.01 Å². The Labute approximate surface area is 99.4 Å². The SMILES string of the molecule is O=C(CNc1nnco1)N1CCC2(CC1)CC2. The summed E-state index contributed by atoms with van der Waals surface area (Å²) in [5, 5.41) is 10.0. The zero-order chi connectivity index (χ0) is 11.7. The number of nitrogens with zero attached hydrogens (tertiary/aromatic N) is 3. The molecule has 2 heterocycles. The monoisotopic (exact) mass is 236 g/mol. The number of anilines is 1. The van der Waals surface area contributed by atoms with Crippen LogP contribution in [0.5, 0.6) is 0 Å². The van der Waals surface area contributed by atoms with Gasteiger partial charge in [0.1, 0.15) is 0 Å². The summed E-state index contributed by atoms with van der Waals surface area (Å²) >= 11 is 0. The van der Waals surface area contributed by atoms with E-state index < -0.39 is 0 Å². The van der Waals surface area contributed by atoms with Gasteiger partial charge >= 0.3 is 6.01 Å². The van der Waals surface area contributed by atoms with Gasteiger partial charge in [0.25, 0.3) is 0 Å². The van der Waals surface area contributed by atoms with Gasteiger partial charge in [0.05, 0.1) is 6.54 Å².